The number of aryl methyl sites for hydroxylation is 1. The van der Waals surface area contributed by atoms with Crippen LogP contribution in [0.1, 0.15) is 24.3 Å². The van der Waals surface area contributed by atoms with Crippen molar-refractivity contribution < 1.29 is 30.8 Å². The third kappa shape index (κ3) is 4.63. The molecule has 27 heavy (non-hydrogen) atoms. The molecule has 0 bridgehead atoms. The summed E-state index contributed by atoms with van der Waals surface area (Å²) < 4.78 is 81.1. The van der Waals surface area contributed by atoms with Crippen LogP contribution in [0.3, 0.4) is 0 Å². The van der Waals surface area contributed by atoms with Crippen LogP contribution in [0.4, 0.5) is 23.2 Å². The second-order valence-electron chi connectivity index (χ2n) is 5.89. The molecule has 2 aromatic rings. The highest BCUT2D eigenvalue weighted by Gasteiger charge is 2.36. The van der Waals surface area contributed by atoms with Crippen molar-refractivity contribution in [3.05, 3.63) is 42.0 Å². The Morgan fingerprint density at radius 1 is 1.33 bits per heavy atom. The third-order valence-corrected chi connectivity index (χ3v) is 5.20. The van der Waals surface area contributed by atoms with Crippen LogP contribution in [0.2, 0.25) is 0 Å². The van der Waals surface area contributed by atoms with Gasteiger partial charge in [-0.15, -0.1) is 0 Å². The zero-order valence-electron chi connectivity index (χ0n) is 14.4. The van der Waals surface area contributed by atoms with Gasteiger partial charge in [0.2, 0.25) is 16.0 Å². The second kappa shape index (κ2) is 7.27. The fraction of sp³-hybridized carbons (Fsp3) is 0.333. The molecule has 0 aliphatic carbocycles. The molecule has 2 rings (SSSR count). The number of hydrogen-bond acceptors (Lipinski definition) is 4. The van der Waals surface area contributed by atoms with Gasteiger partial charge in [0.1, 0.15) is 10.6 Å². The van der Waals surface area contributed by atoms with E-state index in [0.717, 1.165) is 30.0 Å². The molecule has 0 aromatic carbocycles. The number of nitrogens with one attached hydrogen (secondary N) is 2. The van der Waals surface area contributed by atoms with Crippen molar-refractivity contribution in [3.8, 4) is 0 Å². The minimum Gasteiger partial charge on any atom is -0.343 e. The van der Waals surface area contributed by atoms with Gasteiger partial charge in [0.15, 0.2) is 5.82 Å². The summed E-state index contributed by atoms with van der Waals surface area (Å²) in [6.45, 7) is 1.43. The Morgan fingerprint density at radius 3 is 2.52 bits per heavy atom. The van der Waals surface area contributed by atoms with E-state index in [4.69, 9.17) is 0 Å². The number of carbonyl (C=O) groups is 1. The van der Waals surface area contributed by atoms with E-state index in [0.29, 0.717) is 6.92 Å². The highest BCUT2D eigenvalue weighted by molar-refractivity contribution is 7.89. The molecule has 2 heterocycles. The van der Waals surface area contributed by atoms with Gasteiger partial charge in [0.25, 0.3) is 11.8 Å². The summed E-state index contributed by atoms with van der Waals surface area (Å²) in [7, 11) is -3.47. The van der Waals surface area contributed by atoms with Crippen LogP contribution in [-0.2, 0) is 17.1 Å². The monoisotopic (exact) mass is 408 g/mol. The van der Waals surface area contributed by atoms with Crippen LogP contribution in [-0.4, -0.2) is 35.8 Å². The number of pyridine rings is 1. The summed E-state index contributed by atoms with van der Waals surface area (Å²) in [5.41, 5.74) is -0.710. The van der Waals surface area contributed by atoms with Gasteiger partial charge in [0.05, 0.1) is 6.04 Å². The van der Waals surface area contributed by atoms with Gasteiger partial charge in [-0.1, -0.05) is 0 Å². The van der Waals surface area contributed by atoms with Gasteiger partial charge in [-0.25, -0.2) is 31.3 Å². The molecule has 0 saturated carbocycles. The molecule has 0 unspecified atom stereocenters. The lowest BCUT2D eigenvalue weighted by Gasteiger charge is -2.20. The zero-order valence-corrected chi connectivity index (χ0v) is 15.2. The molecule has 0 saturated heterocycles. The van der Waals surface area contributed by atoms with E-state index < -0.39 is 50.2 Å². The Balaban J connectivity index is 2.34. The third-order valence-electron chi connectivity index (χ3n) is 3.67. The SMILES string of the molecule is C[C@@H](NS(=O)(=O)c1cn(C)c(C(=O)Nc2ccnc(F)c2)c1F)C(C)(F)F. The summed E-state index contributed by atoms with van der Waals surface area (Å²) in [5, 5.41) is 2.20. The quantitative estimate of drug-likeness (QED) is 0.567. The summed E-state index contributed by atoms with van der Waals surface area (Å²) >= 11 is 0. The highest BCUT2D eigenvalue weighted by Crippen LogP contribution is 2.24. The number of aromatic nitrogens is 2. The van der Waals surface area contributed by atoms with Crippen molar-refractivity contribution in [1.29, 1.82) is 0 Å². The molecule has 1 atom stereocenters. The minimum absolute atomic E-state index is 0.0325. The number of anilines is 1. The summed E-state index contributed by atoms with van der Waals surface area (Å²) in [6, 6.07) is 0.314. The van der Waals surface area contributed by atoms with Crippen LogP contribution >= 0.6 is 0 Å². The topological polar surface area (TPSA) is 93.1 Å². The predicted octanol–water partition coefficient (Wildman–Crippen LogP) is 2.27. The number of amides is 1. The van der Waals surface area contributed by atoms with E-state index >= 15 is 0 Å². The molecule has 0 aliphatic heterocycles. The molecule has 2 N–H and O–H groups in total. The van der Waals surface area contributed by atoms with Crippen molar-refractivity contribution >= 4 is 21.6 Å². The lowest BCUT2D eigenvalue weighted by molar-refractivity contribution is -0.00490. The molecule has 0 aliphatic rings. The molecule has 148 valence electrons. The van der Waals surface area contributed by atoms with Crippen LogP contribution in [0.15, 0.2) is 29.4 Å². The molecule has 2 aromatic heterocycles. The van der Waals surface area contributed by atoms with E-state index in [9.17, 15) is 30.8 Å². The Kier molecular flexibility index (Phi) is 5.61. The van der Waals surface area contributed by atoms with Crippen molar-refractivity contribution in [2.75, 3.05) is 5.32 Å². The number of alkyl halides is 2. The molecule has 0 spiro atoms. The molecular formula is C15H16F4N4O3S. The van der Waals surface area contributed by atoms with Crippen molar-refractivity contribution in [2.24, 2.45) is 7.05 Å². The van der Waals surface area contributed by atoms with E-state index in [1.165, 1.54) is 13.1 Å². The average Bonchev–Trinajstić information content (AvgIpc) is 2.81. The van der Waals surface area contributed by atoms with E-state index in [-0.39, 0.29) is 5.69 Å². The van der Waals surface area contributed by atoms with E-state index in [2.05, 4.69) is 10.3 Å². The van der Waals surface area contributed by atoms with Crippen LogP contribution in [0, 0.1) is 11.8 Å². The smallest absolute Gasteiger partial charge is 0.275 e. The molecule has 7 nitrogen and oxygen atoms in total. The maximum absolute atomic E-state index is 14.6. The molecule has 12 heteroatoms. The van der Waals surface area contributed by atoms with Crippen LogP contribution in [0.5, 0.6) is 0 Å². The molecular weight excluding hydrogens is 392 g/mol. The lowest BCUT2D eigenvalue weighted by atomic mass is 10.2. The van der Waals surface area contributed by atoms with Gasteiger partial charge in [-0.05, 0) is 13.0 Å². The van der Waals surface area contributed by atoms with Gasteiger partial charge in [0, 0.05) is 38.1 Å². The lowest BCUT2D eigenvalue weighted by Crippen LogP contribution is -2.43. The van der Waals surface area contributed by atoms with Gasteiger partial charge in [-0.3, -0.25) is 4.79 Å². The second-order valence-corrected chi connectivity index (χ2v) is 7.57. The molecule has 0 radical (unpaired) electrons. The van der Waals surface area contributed by atoms with Crippen molar-refractivity contribution in [3.63, 3.8) is 0 Å². The number of halogens is 4. The maximum Gasteiger partial charge on any atom is 0.275 e. The Labute approximate surface area is 152 Å². The first-order valence-corrected chi connectivity index (χ1v) is 8.99. The van der Waals surface area contributed by atoms with Gasteiger partial charge >= 0.3 is 0 Å². The minimum atomic E-state index is -4.66. The zero-order chi connectivity index (χ0) is 20.6. The first-order chi connectivity index (χ1) is 12.3. The number of rotatable bonds is 6. The first kappa shape index (κ1) is 20.8. The number of carbonyl (C=O) groups excluding carboxylic acids is 1. The number of nitrogens with zero attached hydrogens (tertiary/aromatic N) is 2. The van der Waals surface area contributed by atoms with E-state index in [1.54, 1.807) is 4.72 Å². The van der Waals surface area contributed by atoms with Crippen LogP contribution in [0.25, 0.3) is 0 Å². The number of hydrogen-bond donors (Lipinski definition) is 2. The Morgan fingerprint density at radius 2 is 1.96 bits per heavy atom. The van der Waals surface area contributed by atoms with Gasteiger partial charge < -0.3 is 9.88 Å². The molecule has 1 amide bonds. The average molecular weight is 408 g/mol. The van der Waals surface area contributed by atoms with Crippen molar-refractivity contribution in [2.45, 2.75) is 30.7 Å². The largest absolute Gasteiger partial charge is 0.343 e. The maximum atomic E-state index is 14.6. The summed E-state index contributed by atoms with van der Waals surface area (Å²) in [6.07, 6.45) is 1.85. The first-order valence-electron chi connectivity index (χ1n) is 7.51. The summed E-state index contributed by atoms with van der Waals surface area (Å²) in [5.74, 6) is -6.76. The van der Waals surface area contributed by atoms with Gasteiger partial charge in [-0.2, -0.15) is 4.39 Å². The normalized spacial score (nSPS) is 13.4. The molecule has 0 fully saturated rings. The van der Waals surface area contributed by atoms with E-state index in [1.807, 2.05) is 0 Å². The Hall–Kier alpha value is -2.47. The fourth-order valence-corrected chi connectivity index (χ4v) is 3.51. The van der Waals surface area contributed by atoms with Crippen LogP contribution < -0.4 is 10.0 Å². The fourth-order valence-electron chi connectivity index (χ4n) is 2.09. The number of sulfonamides is 1. The van der Waals surface area contributed by atoms with Crippen molar-refractivity contribution in [1.82, 2.24) is 14.3 Å². The summed E-state index contributed by atoms with van der Waals surface area (Å²) in [4.78, 5) is 14.6. The Bertz CT molecular complexity index is 970. The predicted molar refractivity (Wildman–Crippen MR) is 87.9 cm³/mol. The highest BCUT2D eigenvalue weighted by atomic mass is 32.2. The standard InChI is InChI=1S/C15H16F4N4O3S/c1-8(15(2,18)19)22-27(25,26)10-7-23(3)13(12(10)17)14(24)21-9-4-5-20-11(16)6-9/h4-8,22H,1-3H3,(H,20,21,24)/t8-/m1/s1.